The van der Waals surface area contributed by atoms with E-state index in [-0.39, 0.29) is 19.1 Å². The maximum atomic E-state index is 12.1. The van der Waals surface area contributed by atoms with Gasteiger partial charge >= 0.3 is 5.97 Å². The lowest BCUT2D eigenvalue weighted by atomic mass is 10.1. The zero-order valence-corrected chi connectivity index (χ0v) is 13.5. The predicted molar refractivity (Wildman–Crippen MR) is 88.4 cm³/mol. The smallest absolute Gasteiger partial charge is 0.328 e. The number of para-hydroxylation sites is 1. The molecule has 1 amide bonds. The van der Waals surface area contributed by atoms with Crippen LogP contribution in [0, 0.1) is 0 Å². The SMILES string of the molecule is CCOC(=O)[C@H](Cc1ccncc1)NC(=O)COc1ccccc1. The first-order chi connectivity index (χ1) is 11.7. The van der Waals surface area contributed by atoms with Crippen LogP contribution in [0.5, 0.6) is 5.75 Å². The molecule has 0 spiro atoms. The predicted octanol–water partition coefficient (Wildman–Crippen LogP) is 1.75. The Kier molecular flexibility index (Phi) is 6.76. The minimum absolute atomic E-state index is 0.170. The van der Waals surface area contributed by atoms with Crippen molar-refractivity contribution in [2.45, 2.75) is 19.4 Å². The van der Waals surface area contributed by atoms with Crippen LogP contribution in [0.2, 0.25) is 0 Å². The van der Waals surface area contributed by atoms with E-state index in [4.69, 9.17) is 9.47 Å². The van der Waals surface area contributed by atoms with Gasteiger partial charge in [-0.1, -0.05) is 18.2 Å². The first-order valence-electron chi connectivity index (χ1n) is 7.71. The Morgan fingerprint density at radius 1 is 1.12 bits per heavy atom. The molecule has 1 N–H and O–H groups in total. The van der Waals surface area contributed by atoms with Crippen LogP contribution in [0.15, 0.2) is 54.9 Å². The Morgan fingerprint density at radius 2 is 1.83 bits per heavy atom. The van der Waals surface area contributed by atoms with Gasteiger partial charge in [0.05, 0.1) is 6.61 Å². The lowest BCUT2D eigenvalue weighted by Crippen LogP contribution is -2.45. The molecule has 0 bridgehead atoms. The summed E-state index contributed by atoms with van der Waals surface area (Å²) in [6, 6.07) is 11.8. The van der Waals surface area contributed by atoms with Gasteiger partial charge in [0.2, 0.25) is 0 Å². The van der Waals surface area contributed by atoms with Gasteiger partial charge < -0.3 is 14.8 Å². The van der Waals surface area contributed by atoms with Crippen molar-refractivity contribution in [3.63, 3.8) is 0 Å². The van der Waals surface area contributed by atoms with Crippen molar-refractivity contribution in [3.8, 4) is 5.75 Å². The second-order valence-electron chi connectivity index (χ2n) is 5.03. The second-order valence-corrected chi connectivity index (χ2v) is 5.03. The maximum absolute atomic E-state index is 12.1. The summed E-state index contributed by atoms with van der Waals surface area (Å²) in [6.07, 6.45) is 3.61. The van der Waals surface area contributed by atoms with E-state index in [2.05, 4.69) is 10.3 Å². The average Bonchev–Trinajstić information content (AvgIpc) is 2.61. The van der Waals surface area contributed by atoms with E-state index < -0.39 is 12.0 Å². The molecular formula is C18H20N2O4. The average molecular weight is 328 g/mol. The quantitative estimate of drug-likeness (QED) is 0.747. The molecule has 24 heavy (non-hydrogen) atoms. The van der Waals surface area contributed by atoms with Crippen LogP contribution in [-0.4, -0.2) is 36.1 Å². The molecule has 0 aliphatic heterocycles. The standard InChI is InChI=1S/C18H20N2O4/c1-2-23-18(22)16(12-14-8-10-19-11-9-14)20-17(21)13-24-15-6-4-3-5-7-15/h3-11,16H,2,12-13H2,1H3,(H,20,21)/t16-/m0/s1. The molecule has 0 saturated heterocycles. The highest BCUT2D eigenvalue weighted by Gasteiger charge is 2.22. The molecule has 2 aromatic rings. The second kappa shape index (κ2) is 9.29. The molecule has 0 aliphatic carbocycles. The van der Waals surface area contributed by atoms with Crippen molar-refractivity contribution >= 4 is 11.9 Å². The number of pyridine rings is 1. The topological polar surface area (TPSA) is 77.5 Å². The molecule has 1 heterocycles. The minimum atomic E-state index is -0.765. The van der Waals surface area contributed by atoms with Gasteiger partial charge in [0.15, 0.2) is 6.61 Å². The minimum Gasteiger partial charge on any atom is -0.484 e. The van der Waals surface area contributed by atoms with E-state index >= 15 is 0 Å². The summed E-state index contributed by atoms with van der Waals surface area (Å²) in [6.45, 7) is 1.81. The lowest BCUT2D eigenvalue weighted by Gasteiger charge is -2.17. The van der Waals surface area contributed by atoms with E-state index in [1.807, 2.05) is 18.2 Å². The summed E-state index contributed by atoms with van der Waals surface area (Å²) in [5, 5.41) is 2.66. The van der Waals surface area contributed by atoms with Crippen molar-refractivity contribution in [1.29, 1.82) is 0 Å². The van der Waals surface area contributed by atoms with Gasteiger partial charge in [-0.05, 0) is 36.8 Å². The Morgan fingerprint density at radius 3 is 2.50 bits per heavy atom. The molecule has 0 aliphatic rings. The molecule has 0 saturated carbocycles. The highest BCUT2D eigenvalue weighted by Crippen LogP contribution is 2.08. The first kappa shape index (κ1) is 17.5. The summed E-state index contributed by atoms with van der Waals surface area (Å²) in [7, 11) is 0. The maximum Gasteiger partial charge on any atom is 0.328 e. The van der Waals surface area contributed by atoms with Gasteiger partial charge in [-0.2, -0.15) is 0 Å². The fourth-order valence-corrected chi connectivity index (χ4v) is 2.09. The third kappa shape index (κ3) is 5.72. The van der Waals surface area contributed by atoms with E-state index in [1.165, 1.54) is 0 Å². The number of hydrogen-bond acceptors (Lipinski definition) is 5. The molecule has 1 aromatic carbocycles. The summed E-state index contributed by atoms with van der Waals surface area (Å²) in [5.41, 5.74) is 0.882. The molecule has 0 radical (unpaired) electrons. The highest BCUT2D eigenvalue weighted by molar-refractivity contribution is 5.85. The van der Waals surface area contributed by atoms with Gasteiger partial charge in [0.1, 0.15) is 11.8 Å². The van der Waals surface area contributed by atoms with E-state index in [1.54, 1.807) is 43.6 Å². The molecule has 6 nitrogen and oxygen atoms in total. The summed E-state index contributed by atoms with van der Waals surface area (Å²) in [4.78, 5) is 28.1. The molecule has 1 atom stereocenters. The van der Waals surface area contributed by atoms with Crippen molar-refractivity contribution < 1.29 is 19.1 Å². The van der Waals surface area contributed by atoms with Gasteiger partial charge in [0.25, 0.3) is 5.91 Å². The Balaban J connectivity index is 1.93. The lowest BCUT2D eigenvalue weighted by molar-refractivity contribution is -0.147. The molecule has 0 unspecified atom stereocenters. The van der Waals surface area contributed by atoms with Gasteiger partial charge in [0, 0.05) is 18.8 Å². The zero-order chi connectivity index (χ0) is 17.2. The highest BCUT2D eigenvalue weighted by atomic mass is 16.5. The Bertz CT molecular complexity index is 647. The van der Waals surface area contributed by atoms with Crippen molar-refractivity contribution in [3.05, 3.63) is 60.4 Å². The van der Waals surface area contributed by atoms with Crippen molar-refractivity contribution in [2.24, 2.45) is 0 Å². The number of carbonyl (C=O) groups is 2. The monoisotopic (exact) mass is 328 g/mol. The molecular weight excluding hydrogens is 308 g/mol. The van der Waals surface area contributed by atoms with Crippen molar-refractivity contribution in [1.82, 2.24) is 10.3 Å². The fraction of sp³-hybridized carbons (Fsp3) is 0.278. The molecule has 0 fully saturated rings. The summed E-state index contributed by atoms with van der Waals surface area (Å²) < 4.78 is 10.4. The fourth-order valence-electron chi connectivity index (χ4n) is 2.09. The summed E-state index contributed by atoms with van der Waals surface area (Å²) in [5.74, 6) is -0.261. The van der Waals surface area contributed by atoms with Crippen LogP contribution in [0.1, 0.15) is 12.5 Å². The number of benzene rings is 1. The third-order valence-corrected chi connectivity index (χ3v) is 3.21. The zero-order valence-electron chi connectivity index (χ0n) is 13.5. The normalized spacial score (nSPS) is 11.4. The number of nitrogens with zero attached hydrogens (tertiary/aromatic N) is 1. The van der Waals surface area contributed by atoms with Crippen LogP contribution in [0.4, 0.5) is 0 Å². The number of esters is 1. The Hall–Kier alpha value is -2.89. The third-order valence-electron chi connectivity index (χ3n) is 3.21. The van der Waals surface area contributed by atoms with Gasteiger partial charge in [-0.3, -0.25) is 9.78 Å². The molecule has 1 aromatic heterocycles. The summed E-state index contributed by atoms with van der Waals surface area (Å²) >= 11 is 0. The van der Waals surface area contributed by atoms with Crippen molar-refractivity contribution in [2.75, 3.05) is 13.2 Å². The van der Waals surface area contributed by atoms with E-state index in [0.717, 1.165) is 5.56 Å². The molecule has 6 heteroatoms. The molecule has 2 rings (SSSR count). The van der Waals surface area contributed by atoms with Crippen LogP contribution >= 0.6 is 0 Å². The van der Waals surface area contributed by atoms with Crippen LogP contribution in [0.25, 0.3) is 0 Å². The first-order valence-corrected chi connectivity index (χ1v) is 7.71. The number of hydrogen-bond donors (Lipinski definition) is 1. The number of carbonyl (C=O) groups excluding carboxylic acids is 2. The number of aromatic nitrogens is 1. The van der Waals surface area contributed by atoms with Gasteiger partial charge in [-0.15, -0.1) is 0 Å². The number of rotatable bonds is 8. The van der Waals surface area contributed by atoms with Crippen LogP contribution in [0.3, 0.4) is 0 Å². The van der Waals surface area contributed by atoms with Crippen LogP contribution < -0.4 is 10.1 Å². The number of nitrogens with one attached hydrogen (secondary N) is 1. The van der Waals surface area contributed by atoms with Gasteiger partial charge in [-0.25, -0.2) is 4.79 Å². The Labute approximate surface area is 140 Å². The largest absolute Gasteiger partial charge is 0.484 e. The van der Waals surface area contributed by atoms with Crippen LogP contribution in [-0.2, 0) is 20.7 Å². The number of ether oxygens (including phenoxy) is 2. The van der Waals surface area contributed by atoms with E-state index in [9.17, 15) is 9.59 Å². The molecule has 126 valence electrons. The number of amides is 1. The van der Waals surface area contributed by atoms with E-state index in [0.29, 0.717) is 12.2 Å².